The van der Waals surface area contributed by atoms with Gasteiger partial charge in [-0.15, -0.1) is 0 Å². The molecule has 0 bridgehead atoms. The van der Waals surface area contributed by atoms with Crippen molar-refractivity contribution < 1.29 is 4.74 Å². The molecule has 0 saturated heterocycles. The molecule has 84 valence electrons. The lowest BCUT2D eigenvalue weighted by Crippen LogP contribution is -2.13. The number of hydrogen-bond donors (Lipinski definition) is 1. The largest absolute Gasteiger partial charge is 0.467 e. The summed E-state index contributed by atoms with van der Waals surface area (Å²) in [4.78, 5) is 8.07. The lowest BCUT2D eigenvalue weighted by atomic mass is 10.1. The molecule has 1 unspecified atom stereocenters. The third-order valence-corrected chi connectivity index (χ3v) is 2.99. The number of methoxy groups -OCH3 is 1. The van der Waals surface area contributed by atoms with Gasteiger partial charge in [0.1, 0.15) is 5.15 Å². The molecule has 2 aromatic rings. The number of rotatable bonds is 3. The average Bonchev–Trinajstić information content (AvgIpc) is 2.80. The Hall–Kier alpha value is -1.17. The SMILES string of the molecule is COc1nc(Cl)cc(C(N)c2ccsc2)n1. The molecule has 0 aliphatic rings. The Labute approximate surface area is 102 Å². The van der Waals surface area contributed by atoms with Gasteiger partial charge < -0.3 is 10.5 Å². The minimum absolute atomic E-state index is 0.230. The van der Waals surface area contributed by atoms with Crippen LogP contribution in [0.15, 0.2) is 22.9 Å². The van der Waals surface area contributed by atoms with Crippen molar-refractivity contribution in [2.24, 2.45) is 5.73 Å². The fraction of sp³-hybridized carbons (Fsp3) is 0.200. The smallest absolute Gasteiger partial charge is 0.317 e. The number of aromatic nitrogens is 2. The van der Waals surface area contributed by atoms with Crippen LogP contribution in [0.2, 0.25) is 5.15 Å². The van der Waals surface area contributed by atoms with Crippen LogP contribution in [0.3, 0.4) is 0 Å². The highest BCUT2D eigenvalue weighted by Crippen LogP contribution is 2.23. The third-order valence-electron chi connectivity index (χ3n) is 2.10. The summed E-state index contributed by atoms with van der Waals surface area (Å²) in [6.45, 7) is 0. The Morgan fingerprint density at radius 1 is 1.50 bits per heavy atom. The Kier molecular flexibility index (Phi) is 3.38. The van der Waals surface area contributed by atoms with Gasteiger partial charge in [0.25, 0.3) is 0 Å². The fourth-order valence-corrected chi connectivity index (χ4v) is 2.17. The summed E-state index contributed by atoms with van der Waals surface area (Å²) in [6, 6.07) is 3.53. The topological polar surface area (TPSA) is 61.0 Å². The first kappa shape index (κ1) is 11.3. The number of halogens is 1. The maximum Gasteiger partial charge on any atom is 0.317 e. The van der Waals surface area contributed by atoms with E-state index in [0.717, 1.165) is 5.56 Å². The maximum atomic E-state index is 6.06. The van der Waals surface area contributed by atoms with Crippen LogP contribution in [-0.2, 0) is 0 Å². The van der Waals surface area contributed by atoms with Gasteiger partial charge in [0.15, 0.2) is 0 Å². The minimum atomic E-state index is -0.305. The highest BCUT2D eigenvalue weighted by atomic mass is 35.5. The van der Waals surface area contributed by atoms with Crippen molar-refractivity contribution in [3.63, 3.8) is 0 Å². The predicted octanol–water partition coefficient (Wildman–Crippen LogP) is 2.25. The van der Waals surface area contributed by atoms with E-state index in [-0.39, 0.29) is 12.1 Å². The van der Waals surface area contributed by atoms with Gasteiger partial charge in [-0.05, 0) is 28.5 Å². The van der Waals surface area contributed by atoms with Gasteiger partial charge in [0.05, 0.1) is 18.8 Å². The molecule has 2 N–H and O–H groups in total. The summed E-state index contributed by atoms with van der Waals surface area (Å²) >= 11 is 7.44. The summed E-state index contributed by atoms with van der Waals surface area (Å²) < 4.78 is 4.94. The van der Waals surface area contributed by atoms with Crippen LogP contribution in [0.4, 0.5) is 0 Å². The maximum absolute atomic E-state index is 6.06. The van der Waals surface area contributed by atoms with Crippen molar-refractivity contribution in [3.05, 3.63) is 39.3 Å². The molecule has 0 aromatic carbocycles. The molecule has 0 fully saturated rings. The van der Waals surface area contributed by atoms with Crippen molar-refractivity contribution >= 4 is 22.9 Å². The number of thiophene rings is 1. The first-order valence-corrected chi connectivity index (χ1v) is 5.89. The molecule has 2 rings (SSSR count). The molecule has 0 aliphatic carbocycles. The summed E-state index contributed by atoms with van der Waals surface area (Å²) in [6.07, 6.45) is 0. The van der Waals surface area contributed by atoms with Gasteiger partial charge in [-0.2, -0.15) is 21.3 Å². The van der Waals surface area contributed by atoms with Crippen molar-refractivity contribution in [2.75, 3.05) is 7.11 Å². The average molecular weight is 256 g/mol. The zero-order valence-corrected chi connectivity index (χ0v) is 10.1. The van der Waals surface area contributed by atoms with Crippen LogP contribution in [0.1, 0.15) is 17.3 Å². The van der Waals surface area contributed by atoms with E-state index in [1.54, 1.807) is 17.4 Å². The molecule has 2 heterocycles. The number of hydrogen-bond acceptors (Lipinski definition) is 5. The fourth-order valence-electron chi connectivity index (χ4n) is 1.29. The quantitative estimate of drug-likeness (QED) is 0.855. The summed E-state index contributed by atoms with van der Waals surface area (Å²) in [7, 11) is 1.49. The zero-order chi connectivity index (χ0) is 11.5. The van der Waals surface area contributed by atoms with Crippen molar-refractivity contribution in [3.8, 4) is 6.01 Å². The van der Waals surface area contributed by atoms with Gasteiger partial charge in [-0.1, -0.05) is 11.6 Å². The molecule has 0 radical (unpaired) electrons. The van der Waals surface area contributed by atoms with Crippen molar-refractivity contribution in [1.82, 2.24) is 9.97 Å². The molecular weight excluding hydrogens is 246 g/mol. The molecule has 1 atom stereocenters. The monoisotopic (exact) mass is 255 g/mol. The standard InChI is InChI=1S/C10H10ClN3OS/c1-15-10-13-7(4-8(11)14-10)9(12)6-2-3-16-5-6/h2-5,9H,12H2,1H3. The molecular formula is C10H10ClN3OS. The Morgan fingerprint density at radius 3 is 2.94 bits per heavy atom. The van der Waals surface area contributed by atoms with Gasteiger partial charge in [-0.25, -0.2) is 0 Å². The molecule has 0 saturated carbocycles. The van der Waals surface area contributed by atoms with Gasteiger partial charge in [0.2, 0.25) is 0 Å². The Balaban J connectivity index is 2.36. The van der Waals surface area contributed by atoms with Crippen molar-refractivity contribution in [2.45, 2.75) is 6.04 Å². The number of nitrogens with zero attached hydrogens (tertiary/aromatic N) is 2. The normalized spacial score (nSPS) is 12.4. The highest BCUT2D eigenvalue weighted by molar-refractivity contribution is 7.08. The van der Waals surface area contributed by atoms with E-state index in [4.69, 9.17) is 22.1 Å². The van der Waals surface area contributed by atoms with E-state index in [9.17, 15) is 0 Å². The van der Waals surface area contributed by atoms with E-state index in [1.165, 1.54) is 7.11 Å². The van der Waals surface area contributed by atoms with Crippen LogP contribution in [0.25, 0.3) is 0 Å². The second kappa shape index (κ2) is 4.78. The predicted molar refractivity (Wildman–Crippen MR) is 63.9 cm³/mol. The Morgan fingerprint density at radius 2 is 2.31 bits per heavy atom. The van der Waals surface area contributed by atoms with E-state index in [1.807, 2.05) is 16.8 Å². The van der Waals surface area contributed by atoms with Crippen molar-refractivity contribution in [1.29, 1.82) is 0 Å². The van der Waals surface area contributed by atoms with Crippen LogP contribution < -0.4 is 10.5 Å². The first-order chi connectivity index (χ1) is 7.70. The number of ether oxygens (including phenoxy) is 1. The van der Waals surface area contributed by atoms with Gasteiger partial charge in [0, 0.05) is 0 Å². The van der Waals surface area contributed by atoms with Crippen LogP contribution >= 0.6 is 22.9 Å². The summed E-state index contributed by atoms with van der Waals surface area (Å²) in [5.41, 5.74) is 7.71. The lowest BCUT2D eigenvalue weighted by molar-refractivity contribution is 0.377. The molecule has 2 aromatic heterocycles. The molecule has 4 nitrogen and oxygen atoms in total. The minimum Gasteiger partial charge on any atom is -0.467 e. The summed E-state index contributed by atoms with van der Waals surface area (Å²) in [5, 5.41) is 4.27. The molecule has 0 amide bonds. The van der Waals surface area contributed by atoms with E-state index < -0.39 is 0 Å². The second-order valence-electron chi connectivity index (χ2n) is 3.14. The molecule has 0 spiro atoms. The Bertz CT molecular complexity index is 475. The van der Waals surface area contributed by atoms with E-state index in [2.05, 4.69) is 9.97 Å². The van der Waals surface area contributed by atoms with E-state index in [0.29, 0.717) is 10.8 Å². The third kappa shape index (κ3) is 2.32. The van der Waals surface area contributed by atoms with Gasteiger partial charge >= 0.3 is 6.01 Å². The molecule has 6 heteroatoms. The first-order valence-electron chi connectivity index (χ1n) is 4.57. The number of nitrogens with two attached hydrogens (primary N) is 1. The van der Waals surface area contributed by atoms with Gasteiger partial charge in [-0.3, -0.25) is 0 Å². The molecule has 16 heavy (non-hydrogen) atoms. The highest BCUT2D eigenvalue weighted by Gasteiger charge is 2.13. The van der Waals surface area contributed by atoms with Crippen LogP contribution in [-0.4, -0.2) is 17.1 Å². The second-order valence-corrected chi connectivity index (χ2v) is 4.30. The van der Waals surface area contributed by atoms with Crippen LogP contribution in [0.5, 0.6) is 6.01 Å². The lowest BCUT2D eigenvalue weighted by Gasteiger charge is -2.10. The molecule has 0 aliphatic heterocycles. The van der Waals surface area contributed by atoms with E-state index >= 15 is 0 Å². The summed E-state index contributed by atoms with van der Waals surface area (Å²) in [5.74, 6) is 0. The zero-order valence-electron chi connectivity index (χ0n) is 8.55. The van der Waals surface area contributed by atoms with Crippen LogP contribution in [0, 0.1) is 0 Å².